The van der Waals surface area contributed by atoms with Gasteiger partial charge in [-0.15, -0.1) is 0 Å². The Morgan fingerprint density at radius 1 is 1.05 bits per heavy atom. The summed E-state index contributed by atoms with van der Waals surface area (Å²) in [7, 11) is 0. The summed E-state index contributed by atoms with van der Waals surface area (Å²) in [5.41, 5.74) is 1.22. The second-order valence-electron chi connectivity index (χ2n) is 5.37. The van der Waals surface area contributed by atoms with Gasteiger partial charge in [0, 0.05) is 43.3 Å². The highest BCUT2D eigenvalue weighted by atomic mass is 35.5. The van der Waals surface area contributed by atoms with Gasteiger partial charge in [-0.05, 0) is 37.1 Å². The fraction of sp³-hybridized carbons (Fsp3) is 0.533. The first-order valence-corrected chi connectivity index (χ1v) is 7.39. The van der Waals surface area contributed by atoms with Crippen LogP contribution in [0.25, 0.3) is 0 Å². The molecule has 1 aliphatic heterocycles. The standard InChI is InChI=1S/C15H19ClN2O/c16-12-4-6-13(7-5-12)17-8-10-18(11-9-17)14-2-1-3-15(14)19/h4-7,14H,1-3,8-11H2. The fourth-order valence-corrected chi connectivity index (χ4v) is 3.25. The lowest BCUT2D eigenvalue weighted by Gasteiger charge is -2.38. The van der Waals surface area contributed by atoms with E-state index in [0.717, 1.165) is 50.5 Å². The summed E-state index contributed by atoms with van der Waals surface area (Å²) in [6.45, 7) is 3.95. The van der Waals surface area contributed by atoms with E-state index in [1.54, 1.807) is 0 Å². The molecule has 0 amide bonds. The first-order valence-electron chi connectivity index (χ1n) is 7.01. The van der Waals surface area contributed by atoms with Gasteiger partial charge < -0.3 is 4.90 Å². The molecule has 1 aromatic rings. The van der Waals surface area contributed by atoms with Crippen LogP contribution >= 0.6 is 11.6 Å². The summed E-state index contributed by atoms with van der Waals surface area (Å²) in [5, 5.41) is 0.777. The Morgan fingerprint density at radius 3 is 2.32 bits per heavy atom. The van der Waals surface area contributed by atoms with Crippen molar-refractivity contribution in [1.82, 2.24) is 4.90 Å². The van der Waals surface area contributed by atoms with E-state index in [1.807, 2.05) is 12.1 Å². The van der Waals surface area contributed by atoms with Gasteiger partial charge in [0.15, 0.2) is 0 Å². The molecule has 0 N–H and O–H groups in total. The maximum absolute atomic E-state index is 11.8. The average molecular weight is 279 g/mol. The van der Waals surface area contributed by atoms with Gasteiger partial charge >= 0.3 is 0 Å². The number of carbonyl (C=O) groups is 1. The van der Waals surface area contributed by atoms with E-state index in [1.165, 1.54) is 5.69 Å². The topological polar surface area (TPSA) is 23.6 Å². The van der Waals surface area contributed by atoms with Crippen molar-refractivity contribution in [3.63, 3.8) is 0 Å². The second kappa shape index (κ2) is 5.51. The molecule has 0 spiro atoms. The Kier molecular flexibility index (Phi) is 3.76. The van der Waals surface area contributed by atoms with Gasteiger partial charge in [-0.3, -0.25) is 9.69 Å². The minimum atomic E-state index is 0.201. The summed E-state index contributed by atoms with van der Waals surface area (Å²) >= 11 is 5.91. The van der Waals surface area contributed by atoms with Crippen LogP contribution in [0.2, 0.25) is 5.02 Å². The molecular weight excluding hydrogens is 260 g/mol. The Labute approximate surface area is 119 Å². The molecule has 0 radical (unpaired) electrons. The molecule has 102 valence electrons. The van der Waals surface area contributed by atoms with Crippen LogP contribution in [0, 0.1) is 0 Å². The van der Waals surface area contributed by atoms with Crippen LogP contribution in [0.3, 0.4) is 0 Å². The van der Waals surface area contributed by atoms with E-state index in [9.17, 15) is 4.79 Å². The Bertz CT molecular complexity index is 452. The van der Waals surface area contributed by atoms with Gasteiger partial charge in [0.25, 0.3) is 0 Å². The number of anilines is 1. The molecule has 1 atom stereocenters. The third kappa shape index (κ3) is 2.77. The van der Waals surface area contributed by atoms with Crippen molar-refractivity contribution in [2.75, 3.05) is 31.1 Å². The lowest BCUT2D eigenvalue weighted by molar-refractivity contribution is -0.122. The SMILES string of the molecule is O=C1CCCC1N1CCN(c2ccc(Cl)cc2)CC1. The quantitative estimate of drug-likeness (QED) is 0.831. The van der Waals surface area contributed by atoms with Crippen molar-refractivity contribution in [3.8, 4) is 0 Å². The van der Waals surface area contributed by atoms with E-state index < -0.39 is 0 Å². The van der Waals surface area contributed by atoms with Crippen LogP contribution < -0.4 is 4.90 Å². The molecule has 2 aliphatic rings. The summed E-state index contributed by atoms with van der Waals surface area (Å²) in [6.07, 6.45) is 2.91. The molecule has 1 aliphatic carbocycles. The molecule has 1 aromatic carbocycles. The number of rotatable bonds is 2. The molecule has 1 heterocycles. The number of Topliss-reactive ketones (excluding diaryl/α,β-unsaturated/α-hetero) is 1. The molecule has 19 heavy (non-hydrogen) atoms. The number of benzene rings is 1. The Balaban J connectivity index is 1.60. The number of hydrogen-bond acceptors (Lipinski definition) is 3. The second-order valence-corrected chi connectivity index (χ2v) is 5.81. The van der Waals surface area contributed by atoms with E-state index >= 15 is 0 Å². The third-order valence-corrected chi connectivity index (χ3v) is 4.47. The zero-order chi connectivity index (χ0) is 13.2. The first kappa shape index (κ1) is 12.9. The van der Waals surface area contributed by atoms with E-state index in [0.29, 0.717) is 5.78 Å². The molecule has 0 aromatic heterocycles. The van der Waals surface area contributed by atoms with Gasteiger partial charge in [0.05, 0.1) is 6.04 Å². The van der Waals surface area contributed by atoms with Crippen LogP contribution in [0.5, 0.6) is 0 Å². The molecule has 1 unspecified atom stereocenters. The minimum absolute atomic E-state index is 0.201. The molecule has 3 nitrogen and oxygen atoms in total. The van der Waals surface area contributed by atoms with E-state index in [-0.39, 0.29) is 6.04 Å². The number of nitrogens with zero attached hydrogens (tertiary/aromatic N) is 2. The monoisotopic (exact) mass is 278 g/mol. The van der Waals surface area contributed by atoms with Crippen molar-refractivity contribution >= 4 is 23.1 Å². The average Bonchev–Trinajstić information content (AvgIpc) is 2.86. The minimum Gasteiger partial charge on any atom is -0.369 e. The number of halogens is 1. The summed E-state index contributed by atoms with van der Waals surface area (Å²) in [5.74, 6) is 0.444. The van der Waals surface area contributed by atoms with Crippen molar-refractivity contribution in [2.24, 2.45) is 0 Å². The highest BCUT2D eigenvalue weighted by Crippen LogP contribution is 2.24. The highest BCUT2D eigenvalue weighted by Gasteiger charge is 2.32. The van der Waals surface area contributed by atoms with Crippen molar-refractivity contribution in [1.29, 1.82) is 0 Å². The van der Waals surface area contributed by atoms with Gasteiger partial charge in [-0.2, -0.15) is 0 Å². The van der Waals surface area contributed by atoms with Crippen molar-refractivity contribution < 1.29 is 4.79 Å². The van der Waals surface area contributed by atoms with Crippen LogP contribution in [-0.4, -0.2) is 42.9 Å². The lowest BCUT2D eigenvalue weighted by atomic mass is 10.1. The molecule has 0 bridgehead atoms. The van der Waals surface area contributed by atoms with Crippen LogP contribution in [0.4, 0.5) is 5.69 Å². The summed E-state index contributed by atoms with van der Waals surface area (Å²) in [4.78, 5) is 16.5. The van der Waals surface area contributed by atoms with Gasteiger partial charge in [-0.25, -0.2) is 0 Å². The molecular formula is C15H19ClN2O. The van der Waals surface area contributed by atoms with Crippen LogP contribution in [0.1, 0.15) is 19.3 Å². The van der Waals surface area contributed by atoms with Crippen molar-refractivity contribution in [2.45, 2.75) is 25.3 Å². The zero-order valence-corrected chi connectivity index (χ0v) is 11.8. The van der Waals surface area contributed by atoms with Gasteiger partial charge in [0.1, 0.15) is 5.78 Å². The van der Waals surface area contributed by atoms with E-state index in [4.69, 9.17) is 11.6 Å². The largest absolute Gasteiger partial charge is 0.369 e. The number of carbonyl (C=O) groups excluding carboxylic acids is 1. The van der Waals surface area contributed by atoms with Gasteiger partial charge in [-0.1, -0.05) is 11.6 Å². The normalized spacial score (nSPS) is 25.0. The predicted octanol–water partition coefficient (Wildman–Crippen LogP) is 2.58. The fourth-order valence-electron chi connectivity index (χ4n) is 3.13. The molecule has 1 saturated carbocycles. The maximum atomic E-state index is 11.8. The number of hydrogen-bond donors (Lipinski definition) is 0. The predicted molar refractivity (Wildman–Crippen MR) is 77.9 cm³/mol. The number of piperazine rings is 1. The van der Waals surface area contributed by atoms with Crippen molar-refractivity contribution in [3.05, 3.63) is 29.3 Å². The van der Waals surface area contributed by atoms with Gasteiger partial charge in [0.2, 0.25) is 0 Å². The lowest BCUT2D eigenvalue weighted by Crippen LogP contribution is -2.51. The summed E-state index contributed by atoms with van der Waals surface area (Å²) < 4.78 is 0. The molecule has 4 heteroatoms. The molecule has 1 saturated heterocycles. The third-order valence-electron chi connectivity index (χ3n) is 4.22. The van der Waals surface area contributed by atoms with Crippen LogP contribution in [-0.2, 0) is 4.79 Å². The Hall–Kier alpha value is -1.06. The number of ketones is 1. The molecule has 3 rings (SSSR count). The molecule has 2 fully saturated rings. The summed E-state index contributed by atoms with van der Waals surface area (Å²) in [6, 6.07) is 8.21. The highest BCUT2D eigenvalue weighted by molar-refractivity contribution is 6.30. The Morgan fingerprint density at radius 2 is 1.74 bits per heavy atom. The van der Waals surface area contributed by atoms with Crippen LogP contribution in [0.15, 0.2) is 24.3 Å². The van der Waals surface area contributed by atoms with E-state index in [2.05, 4.69) is 21.9 Å². The smallest absolute Gasteiger partial charge is 0.149 e. The zero-order valence-electron chi connectivity index (χ0n) is 11.0. The first-order chi connectivity index (χ1) is 9.24. The maximum Gasteiger partial charge on any atom is 0.149 e.